The first kappa shape index (κ1) is 80.9. The van der Waals surface area contributed by atoms with E-state index in [4.69, 9.17) is 39.3 Å². The SMILES string of the molecule is CC(C)(C)[Si](OC[C@@H]1CN(C(c2ccccc2)(c2ccccc2)c2ccccc2)C[C@H](n2cc(C#CCOc3cccc(OCC#Cc4cn([C@H]5CN(C(c6ccccc6)(c6ccccc6)c6ccccc6)C[C@@H](CO[Si](c6ccccc6)(c6ccccc6)C(C)(C)C)O5)c(=O)nc4N)c3)c(N)nc2=O)O1)(c1ccccc1)c1ccccc1. The Balaban J connectivity index is 0.692. The molecule has 4 atom stereocenters. The summed E-state index contributed by atoms with van der Waals surface area (Å²) in [6, 6.07) is 113. The van der Waals surface area contributed by atoms with Crippen molar-refractivity contribution in [2.75, 3.05) is 64.1 Å². The zero-order valence-corrected chi connectivity index (χ0v) is 69.4. The average Bonchev–Trinajstić information content (AvgIpc) is 0.732. The Morgan fingerprint density at radius 2 is 0.636 bits per heavy atom. The van der Waals surface area contributed by atoms with Crippen LogP contribution in [0.15, 0.2) is 350 Å². The smallest absolute Gasteiger partial charge is 0.351 e. The lowest BCUT2D eigenvalue weighted by Crippen LogP contribution is -2.67. The molecule has 594 valence electrons. The van der Waals surface area contributed by atoms with E-state index in [1.807, 2.05) is 66.7 Å². The van der Waals surface area contributed by atoms with E-state index in [-0.39, 0.29) is 61.2 Å². The topological polar surface area (TPSA) is 184 Å². The second-order valence-corrected chi connectivity index (χ2v) is 40.5. The largest absolute Gasteiger partial charge is 0.481 e. The Morgan fingerprint density at radius 1 is 0.373 bits per heavy atom. The molecule has 2 aromatic heterocycles. The summed E-state index contributed by atoms with van der Waals surface area (Å²) >= 11 is 0. The van der Waals surface area contributed by atoms with E-state index < -0.39 is 63.8 Å². The lowest BCUT2D eigenvalue weighted by molar-refractivity contribution is -0.149. The first-order valence-corrected chi connectivity index (χ1v) is 44.0. The molecule has 11 aromatic carbocycles. The fraction of sp³-hybridized carbons (Fsp3) is 0.220. The summed E-state index contributed by atoms with van der Waals surface area (Å²) in [5, 5.41) is 3.90. The van der Waals surface area contributed by atoms with Gasteiger partial charge in [0.1, 0.15) is 36.3 Å². The summed E-state index contributed by atoms with van der Waals surface area (Å²) in [6.07, 6.45) is 0.330. The van der Waals surface area contributed by atoms with Gasteiger partial charge in [-0.15, -0.1) is 0 Å². The number of morpholine rings is 2. The Kier molecular flexibility index (Phi) is 24.4. The molecule has 0 unspecified atom stereocenters. The third-order valence-corrected chi connectivity index (χ3v) is 32.7. The Morgan fingerprint density at radius 3 is 0.898 bits per heavy atom. The van der Waals surface area contributed by atoms with Gasteiger partial charge in [-0.1, -0.05) is 375 Å². The van der Waals surface area contributed by atoms with Crippen LogP contribution in [0.3, 0.4) is 0 Å². The molecular formula is C100H98N8O8Si2. The number of hydrogen-bond donors (Lipinski definition) is 2. The van der Waals surface area contributed by atoms with Gasteiger partial charge in [0.2, 0.25) is 0 Å². The van der Waals surface area contributed by atoms with Crippen molar-refractivity contribution in [2.24, 2.45) is 0 Å². The minimum atomic E-state index is -3.10. The van der Waals surface area contributed by atoms with Crippen LogP contribution in [0.25, 0.3) is 0 Å². The molecule has 0 saturated carbocycles. The van der Waals surface area contributed by atoms with Gasteiger partial charge in [0.05, 0.1) is 47.6 Å². The highest BCUT2D eigenvalue weighted by molar-refractivity contribution is 7.00. The van der Waals surface area contributed by atoms with E-state index in [2.05, 4.69) is 328 Å². The van der Waals surface area contributed by atoms with E-state index in [9.17, 15) is 9.59 Å². The molecule has 0 radical (unpaired) electrons. The zero-order chi connectivity index (χ0) is 81.8. The fourth-order valence-corrected chi connectivity index (χ4v) is 26.7. The molecule has 0 bridgehead atoms. The normalized spacial score (nSPS) is 16.3. The number of nitrogens with zero attached hydrogens (tertiary/aromatic N) is 6. The number of anilines is 2. The van der Waals surface area contributed by atoms with E-state index in [1.54, 1.807) is 30.6 Å². The molecule has 18 heteroatoms. The molecule has 13 aromatic rings. The van der Waals surface area contributed by atoms with Gasteiger partial charge in [-0.05, 0) is 76.3 Å². The predicted molar refractivity (Wildman–Crippen MR) is 474 cm³/mol. The summed E-state index contributed by atoms with van der Waals surface area (Å²) in [6.45, 7) is 15.2. The molecule has 118 heavy (non-hydrogen) atoms. The maximum atomic E-state index is 14.6. The van der Waals surface area contributed by atoms with Crippen molar-refractivity contribution in [3.05, 3.63) is 405 Å². The number of aromatic nitrogens is 4. The van der Waals surface area contributed by atoms with Crippen molar-refractivity contribution in [2.45, 2.75) is 87.4 Å². The third kappa shape index (κ3) is 16.5. The fourth-order valence-electron chi connectivity index (χ4n) is 17.5. The molecule has 2 aliphatic rings. The monoisotopic (exact) mass is 1590 g/mol. The molecule has 4 N–H and O–H groups in total. The molecule has 2 fully saturated rings. The highest BCUT2D eigenvalue weighted by atomic mass is 28.4. The molecule has 2 aliphatic heterocycles. The molecular weight excluding hydrogens is 1500 g/mol. The third-order valence-electron chi connectivity index (χ3n) is 22.7. The van der Waals surface area contributed by atoms with Crippen LogP contribution in [0, 0.1) is 23.7 Å². The lowest BCUT2D eigenvalue weighted by atomic mass is 9.75. The summed E-state index contributed by atoms with van der Waals surface area (Å²) < 4.78 is 45.4. The van der Waals surface area contributed by atoms with Crippen LogP contribution in [0.1, 0.15) is 98.5 Å². The Labute approximate surface area is 693 Å². The molecule has 4 heterocycles. The minimum absolute atomic E-state index is 0.0312. The number of nitrogens with two attached hydrogens (primary N) is 2. The molecule has 15 rings (SSSR count). The van der Waals surface area contributed by atoms with Crippen LogP contribution in [0.2, 0.25) is 10.1 Å². The molecule has 0 spiro atoms. The van der Waals surface area contributed by atoms with Crippen molar-refractivity contribution in [3.8, 4) is 35.2 Å². The second-order valence-electron chi connectivity index (χ2n) is 31.9. The van der Waals surface area contributed by atoms with Crippen LogP contribution in [-0.2, 0) is 29.4 Å². The maximum absolute atomic E-state index is 14.6. The van der Waals surface area contributed by atoms with Gasteiger partial charge in [-0.2, -0.15) is 9.97 Å². The maximum Gasteiger partial charge on any atom is 0.351 e. The van der Waals surface area contributed by atoms with E-state index in [0.717, 1.165) is 54.1 Å². The lowest BCUT2D eigenvalue weighted by Gasteiger charge is -2.51. The van der Waals surface area contributed by atoms with Gasteiger partial charge in [-0.25, -0.2) is 9.59 Å². The number of rotatable bonds is 24. The quantitative estimate of drug-likeness (QED) is 0.0331. The summed E-state index contributed by atoms with van der Waals surface area (Å²) in [7, 11) is -6.21. The summed E-state index contributed by atoms with van der Waals surface area (Å²) in [4.78, 5) is 42.9. The van der Waals surface area contributed by atoms with Crippen LogP contribution >= 0.6 is 0 Å². The minimum Gasteiger partial charge on any atom is -0.481 e. The Hall–Kier alpha value is -12.3. The highest BCUT2D eigenvalue weighted by Gasteiger charge is 2.55. The molecule has 0 amide bonds. The number of hydrogen-bond acceptors (Lipinski definition) is 14. The first-order valence-electron chi connectivity index (χ1n) is 40.1. The zero-order valence-electron chi connectivity index (χ0n) is 67.4. The van der Waals surface area contributed by atoms with E-state index in [1.165, 1.54) is 9.13 Å². The van der Waals surface area contributed by atoms with Gasteiger partial charge in [0.15, 0.2) is 12.5 Å². The highest BCUT2D eigenvalue weighted by Crippen LogP contribution is 2.48. The first-order chi connectivity index (χ1) is 57.4. The molecule has 2 saturated heterocycles. The van der Waals surface area contributed by atoms with Crippen molar-refractivity contribution in [1.82, 2.24) is 28.9 Å². The average molecular weight is 1600 g/mol. The van der Waals surface area contributed by atoms with Crippen LogP contribution in [-0.4, -0.2) is 110 Å². The van der Waals surface area contributed by atoms with Crippen molar-refractivity contribution in [3.63, 3.8) is 0 Å². The van der Waals surface area contributed by atoms with Crippen molar-refractivity contribution in [1.29, 1.82) is 0 Å². The predicted octanol–water partition coefficient (Wildman–Crippen LogP) is 14.4. The van der Waals surface area contributed by atoms with Crippen molar-refractivity contribution < 1.29 is 27.8 Å². The Bertz CT molecular complexity index is 5150. The second kappa shape index (κ2) is 35.7. The number of benzene rings is 11. The van der Waals surface area contributed by atoms with Gasteiger partial charge in [0.25, 0.3) is 16.6 Å². The standard InChI is InChI=1S/C100H98N8O8Si2/c1-97(2,3)117(87-56-29-13-30-57-87,88-58-31-14-32-59-88)113-73-85-69-105(99(77-42-17-7-18-43-77,78-44-19-8-20-45-78)79-46-21-9-22-47-79)71-91(115-85)107-67-75(93(101)103-95(107)109)40-38-64-111-83-54-37-55-84(66-83)112-65-39-41-76-68-108(96(110)104-94(76)102)92-72-106(100(80-48-23-10-24-49-80,81-50-25-11-26-51-81)82-52-27-12-28-53-82)70-86(116-92)74-114-118(98(4,5)6,89-60-33-15-34-61-89)90-62-35-16-36-63-90/h7-37,42-63,66-68,85-86,91-92H,64-65,69-74H2,1-6H3,(H2,101,103,109)(H2,102,104,110)/t85-,86-,91+,92+/m0/s1. The van der Waals surface area contributed by atoms with Crippen LogP contribution < -0.4 is 53.1 Å². The van der Waals surface area contributed by atoms with E-state index in [0.29, 0.717) is 35.7 Å². The number of nitrogen functional groups attached to an aromatic ring is 2. The van der Waals surface area contributed by atoms with Crippen molar-refractivity contribution >= 4 is 49.0 Å². The van der Waals surface area contributed by atoms with Gasteiger partial charge < -0.3 is 39.3 Å². The van der Waals surface area contributed by atoms with Crippen LogP contribution in [0.4, 0.5) is 11.6 Å². The van der Waals surface area contributed by atoms with Gasteiger partial charge in [0, 0.05) is 44.6 Å². The van der Waals surface area contributed by atoms with Gasteiger partial charge >= 0.3 is 11.4 Å². The van der Waals surface area contributed by atoms with Gasteiger partial charge in [-0.3, -0.25) is 18.9 Å². The molecule has 0 aliphatic carbocycles. The molecule has 16 nitrogen and oxygen atoms in total. The summed E-state index contributed by atoms with van der Waals surface area (Å²) in [5.41, 5.74) is 17.2. The number of ether oxygens (including phenoxy) is 4. The summed E-state index contributed by atoms with van der Waals surface area (Å²) in [5.74, 6) is 13.5. The van der Waals surface area contributed by atoms with E-state index >= 15 is 0 Å². The van der Waals surface area contributed by atoms with Crippen LogP contribution in [0.5, 0.6) is 11.5 Å².